The van der Waals surface area contributed by atoms with E-state index < -0.39 is 11.5 Å². The Balaban J connectivity index is 2.32. The van der Waals surface area contributed by atoms with Gasteiger partial charge in [0.1, 0.15) is 6.54 Å². The van der Waals surface area contributed by atoms with Crippen molar-refractivity contribution in [1.29, 1.82) is 0 Å². The lowest BCUT2D eigenvalue weighted by Gasteiger charge is -2.40. The quantitative estimate of drug-likeness (QED) is 0.911. The molecule has 0 saturated heterocycles. The van der Waals surface area contributed by atoms with E-state index >= 15 is 0 Å². The number of para-hydroxylation sites is 1. The van der Waals surface area contributed by atoms with Crippen molar-refractivity contribution >= 4 is 17.7 Å². The van der Waals surface area contributed by atoms with Crippen molar-refractivity contribution in [1.82, 2.24) is 4.90 Å². The van der Waals surface area contributed by atoms with E-state index in [1.165, 1.54) is 4.90 Å². The number of anilines is 1. The molecule has 5 nitrogen and oxygen atoms in total. The highest BCUT2D eigenvalue weighted by Gasteiger charge is 2.33. The van der Waals surface area contributed by atoms with Crippen LogP contribution in [0.4, 0.5) is 10.5 Å². The Bertz CT molecular complexity index is 549. The van der Waals surface area contributed by atoms with Gasteiger partial charge in [-0.05, 0) is 45.2 Å². The summed E-state index contributed by atoms with van der Waals surface area (Å²) in [7, 11) is 0. The Kier molecular flexibility index (Phi) is 4.21. The van der Waals surface area contributed by atoms with Crippen molar-refractivity contribution < 1.29 is 14.7 Å². The van der Waals surface area contributed by atoms with Gasteiger partial charge in [-0.1, -0.05) is 18.2 Å². The average Bonchev–Trinajstić information content (AvgIpc) is 2.42. The molecular weight excluding hydrogens is 268 g/mol. The van der Waals surface area contributed by atoms with Crippen LogP contribution in [-0.4, -0.2) is 40.6 Å². The first-order valence-electron chi connectivity index (χ1n) is 7.19. The van der Waals surface area contributed by atoms with Crippen LogP contribution in [0.1, 0.15) is 32.8 Å². The van der Waals surface area contributed by atoms with Crippen molar-refractivity contribution in [2.45, 2.75) is 39.2 Å². The summed E-state index contributed by atoms with van der Waals surface area (Å²) in [6.07, 6.45) is 1.85. The summed E-state index contributed by atoms with van der Waals surface area (Å²) in [6, 6.07) is 7.58. The maximum atomic E-state index is 12.8. The summed E-state index contributed by atoms with van der Waals surface area (Å²) < 4.78 is 0. The van der Waals surface area contributed by atoms with E-state index in [9.17, 15) is 9.59 Å². The van der Waals surface area contributed by atoms with Gasteiger partial charge in [0.25, 0.3) is 0 Å². The number of fused-ring (bicyclic) bond motifs is 1. The highest BCUT2D eigenvalue weighted by molar-refractivity contribution is 5.95. The largest absolute Gasteiger partial charge is 0.480 e. The first kappa shape index (κ1) is 15.4. The lowest BCUT2D eigenvalue weighted by Crippen LogP contribution is -2.54. The Hall–Kier alpha value is -2.04. The summed E-state index contributed by atoms with van der Waals surface area (Å²) in [4.78, 5) is 27.0. The van der Waals surface area contributed by atoms with Gasteiger partial charge in [0, 0.05) is 17.8 Å². The number of rotatable bonds is 2. The van der Waals surface area contributed by atoms with Gasteiger partial charge in [-0.3, -0.25) is 9.69 Å². The van der Waals surface area contributed by atoms with Gasteiger partial charge in [0.05, 0.1) is 0 Å². The van der Waals surface area contributed by atoms with Crippen molar-refractivity contribution in [2.75, 3.05) is 18.0 Å². The Morgan fingerprint density at radius 3 is 2.57 bits per heavy atom. The monoisotopic (exact) mass is 290 g/mol. The zero-order valence-electron chi connectivity index (χ0n) is 12.8. The van der Waals surface area contributed by atoms with E-state index in [0.717, 1.165) is 24.1 Å². The second-order valence-corrected chi connectivity index (χ2v) is 6.32. The van der Waals surface area contributed by atoms with Crippen LogP contribution in [0.15, 0.2) is 24.3 Å². The Labute approximate surface area is 125 Å². The molecule has 5 heteroatoms. The maximum absolute atomic E-state index is 12.8. The molecule has 0 aliphatic carbocycles. The number of carboxylic acids is 1. The summed E-state index contributed by atoms with van der Waals surface area (Å²) in [5, 5.41) is 9.08. The third-order valence-electron chi connectivity index (χ3n) is 3.68. The number of nitrogens with zero attached hydrogens (tertiary/aromatic N) is 2. The molecule has 2 amide bonds. The number of urea groups is 1. The molecule has 0 saturated carbocycles. The molecule has 1 aliphatic rings. The lowest BCUT2D eigenvalue weighted by molar-refractivity contribution is -0.138. The number of amides is 2. The topological polar surface area (TPSA) is 60.9 Å². The van der Waals surface area contributed by atoms with E-state index in [4.69, 9.17) is 5.11 Å². The van der Waals surface area contributed by atoms with Crippen LogP contribution >= 0.6 is 0 Å². The van der Waals surface area contributed by atoms with Crippen LogP contribution in [0.2, 0.25) is 0 Å². The molecule has 1 heterocycles. The van der Waals surface area contributed by atoms with Crippen LogP contribution in [0.5, 0.6) is 0 Å². The predicted octanol–water partition coefficient (Wildman–Crippen LogP) is 2.74. The van der Waals surface area contributed by atoms with Gasteiger partial charge >= 0.3 is 12.0 Å². The third-order valence-corrected chi connectivity index (χ3v) is 3.68. The predicted molar refractivity (Wildman–Crippen MR) is 81.6 cm³/mol. The lowest BCUT2D eigenvalue weighted by atomic mass is 10.0. The molecule has 21 heavy (non-hydrogen) atoms. The molecule has 1 aliphatic heterocycles. The van der Waals surface area contributed by atoms with Gasteiger partial charge in [-0.2, -0.15) is 0 Å². The van der Waals surface area contributed by atoms with E-state index in [-0.39, 0.29) is 12.6 Å². The fraction of sp³-hybridized carbons (Fsp3) is 0.500. The molecule has 114 valence electrons. The smallest absolute Gasteiger partial charge is 0.325 e. The minimum atomic E-state index is -0.997. The van der Waals surface area contributed by atoms with E-state index in [0.29, 0.717) is 6.54 Å². The summed E-state index contributed by atoms with van der Waals surface area (Å²) in [5.74, 6) is -0.997. The van der Waals surface area contributed by atoms with Crippen molar-refractivity contribution in [3.05, 3.63) is 29.8 Å². The molecule has 1 N–H and O–H groups in total. The number of benzene rings is 1. The number of carbonyl (C=O) groups is 2. The first-order chi connectivity index (χ1) is 9.80. The molecule has 1 aromatic rings. The zero-order chi connectivity index (χ0) is 15.6. The van der Waals surface area contributed by atoms with E-state index in [1.54, 1.807) is 4.90 Å². The zero-order valence-corrected chi connectivity index (χ0v) is 12.8. The standard InChI is InChI=1S/C16H22N2O3/c1-16(2,3)18(11-14(19)20)15(21)17-10-6-8-12-7-4-5-9-13(12)17/h4-5,7,9H,6,8,10-11H2,1-3H3,(H,19,20). The second kappa shape index (κ2) is 5.76. The van der Waals surface area contributed by atoms with E-state index in [2.05, 4.69) is 0 Å². The van der Waals surface area contributed by atoms with Crippen molar-refractivity contribution in [2.24, 2.45) is 0 Å². The Morgan fingerprint density at radius 2 is 1.95 bits per heavy atom. The van der Waals surface area contributed by atoms with Crippen LogP contribution in [0, 0.1) is 0 Å². The Morgan fingerprint density at radius 1 is 1.29 bits per heavy atom. The first-order valence-corrected chi connectivity index (χ1v) is 7.19. The molecule has 0 aromatic heterocycles. The number of hydrogen-bond donors (Lipinski definition) is 1. The SMILES string of the molecule is CC(C)(C)N(CC(=O)O)C(=O)N1CCCc2ccccc21. The molecule has 0 spiro atoms. The molecule has 0 radical (unpaired) electrons. The molecular formula is C16H22N2O3. The number of hydrogen-bond acceptors (Lipinski definition) is 2. The number of aliphatic carboxylic acids is 1. The van der Waals surface area contributed by atoms with Crippen LogP contribution in [0.25, 0.3) is 0 Å². The van der Waals surface area contributed by atoms with E-state index in [1.807, 2.05) is 45.0 Å². The summed E-state index contributed by atoms with van der Waals surface area (Å²) in [5.41, 5.74) is 1.50. The minimum Gasteiger partial charge on any atom is -0.480 e. The molecule has 0 fully saturated rings. The summed E-state index contributed by atoms with van der Waals surface area (Å²) in [6.45, 7) is 5.89. The van der Waals surface area contributed by atoms with Crippen LogP contribution in [-0.2, 0) is 11.2 Å². The van der Waals surface area contributed by atoms with Crippen molar-refractivity contribution in [3.8, 4) is 0 Å². The fourth-order valence-corrected chi connectivity index (χ4v) is 2.61. The van der Waals surface area contributed by atoms with Gasteiger partial charge in [0.15, 0.2) is 0 Å². The normalized spacial score (nSPS) is 14.5. The summed E-state index contributed by atoms with van der Waals surface area (Å²) >= 11 is 0. The molecule has 2 rings (SSSR count). The molecule has 1 aromatic carbocycles. The molecule has 0 atom stereocenters. The second-order valence-electron chi connectivity index (χ2n) is 6.32. The maximum Gasteiger partial charge on any atom is 0.325 e. The van der Waals surface area contributed by atoms with Gasteiger partial charge in [-0.25, -0.2) is 4.79 Å². The van der Waals surface area contributed by atoms with Gasteiger partial charge < -0.3 is 10.0 Å². The van der Waals surface area contributed by atoms with Gasteiger partial charge in [0.2, 0.25) is 0 Å². The van der Waals surface area contributed by atoms with Gasteiger partial charge in [-0.15, -0.1) is 0 Å². The molecule has 0 unspecified atom stereocenters. The van der Waals surface area contributed by atoms with Crippen molar-refractivity contribution in [3.63, 3.8) is 0 Å². The third kappa shape index (κ3) is 3.35. The number of aryl methyl sites for hydroxylation is 1. The average molecular weight is 290 g/mol. The highest BCUT2D eigenvalue weighted by atomic mass is 16.4. The number of carbonyl (C=O) groups excluding carboxylic acids is 1. The van der Waals surface area contributed by atoms with Crippen LogP contribution < -0.4 is 4.90 Å². The number of carboxylic acid groups (broad SMARTS) is 1. The van der Waals surface area contributed by atoms with Crippen LogP contribution in [0.3, 0.4) is 0 Å². The highest BCUT2D eigenvalue weighted by Crippen LogP contribution is 2.29. The fourth-order valence-electron chi connectivity index (χ4n) is 2.61. The minimum absolute atomic E-state index is 0.239. The molecule has 0 bridgehead atoms.